The van der Waals surface area contributed by atoms with Crippen molar-refractivity contribution in [3.05, 3.63) is 72.1 Å². The van der Waals surface area contributed by atoms with Crippen LogP contribution in [-0.4, -0.2) is 29.0 Å². The van der Waals surface area contributed by atoms with Crippen molar-refractivity contribution in [3.63, 3.8) is 0 Å². The maximum absolute atomic E-state index is 12.3. The molecule has 0 bridgehead atoms. The highest BCUT2D eigenvalue weighted by Gasteiger charge is 2.11. The summed E-state index contributed by atoms with van der Waals surface area (Å²) in [6.45, 7) is 4.26. The number of hydrogen-bond donors (Lipinski definition) is 2. The van der Waals surface area contributed by atoms with E-state index in [1.165, 1.54) is 37.3 Å². The smallest absolute Gasteiger partial charge is 0.258 e. The summed E-state index contributed by atoms with van der Waals surface area (Å²) >= 11 is 0. The second kappa shape index (κ2) is 8.73. The maximum atomic E-state index is 12.3. The molecule has 0 atom stereocenters. The molecule has 29 heavy (non-hydrogen) atoms. The van der Waals surface area contributed by atoms with Crippen molar-refractivity contribution in [2.75, 3.05) is 28.6 Å². The number of carbonyl (C=O) groups excluding carboxylic acids is 1. The first kappa shape index (κ1) is 18.9. The third kappa shape index (κ3) is 4.90. The van der Waals surface area contributed by atoms with Crippen molar-refractivity contribution in [1.29, 1.82) is 0 Å². The van der Waals surface area contributed by atoms with E-state index in [4.69, 9.17) is 0 Å². The molecular formula is C23H25N5O. The quantitative estimate of drug-likeness (QED) is 0.660. The number of nitrogens with one attached hydrogen (secondary N) is 2. The number of amides is 1. The SMILES string of the molecule is Cc1ccc(NC(=O)c2cnc(Nc3ccc(N4CCCCC4)cc3)nc2)cc1. The van der Waals surface area contributed by atoms with E-state index in [1.807, 2.05) is 43.3 Å². The zero-order chi connectivity index (χ0) is 20.1. The number of benzene rings is 2. The molecule has 2 N–H and O–H groups in total. The molecule has 148 valence electrons. The fourth-order valence-electron chi connectivity index (χ4n) is 3.39. The Balaban J connectivity index is 1.36. The summed E-state index contributed by atoms with van der Waals surface area (Å²) in [6.07, 6.45) is 6.91. The number of anilines is 4. The second-order valence-electron chi connectivity index (χ2n) is 7.34. The van der Waals surface area contributed by atoms with Crippen molar-refractivity contribution in [2.24, 2.45) is 0 Å². The Morgan fingerprint density at radius 2 is 1.48 bits per heavy atom. The van der Waals surface area contributed by atoms with Gasteiger partial charge < -0.3 is 15.5 Å². The number of aryl methyl sites for hydroxylation is 1. The lowest BCUT2D eigenvalue weighted by molar-refractivity contribution is 0.102. The molecule has 2 heterocycles. The van der Waals surface area contributed by atoms with E-state index in [0.29, 0.717) is 11.5 Å². The molecule has 6 heteroatoms. The predicted octanol–water partition coefficient (Wildman–Crippen LogP) is 4.77. The van der Waals surface area contributed by atoms with Crippen LogP contribution in [0, 0.1) is 6.92 Å². The minimum Gasteiger partial charge on any atom is -0.372 e. The molecule has 1 aliphatic heterocycles. The lowest BCUT2D eigenvalue weighted by Gasteiger charge is -2.28. The molecule has 0 saturated carbocycles. The lowest BCUT2D eigenvalue weighted by atomic mass is 10.1. The molecular weight excluding hydrogens is 362 g/mol. The average molecular weight is 387 g/mol. The monoisotopic (exact) mass is 387 g/mol. The van der Waals surface area contributed by atoms with Crippen LogP contribution in [0.1, 0.15) is 35.2 Å². The molecule has 0 radical (unpaired) electrons. The molecule has 1 saturated heterocycles. The Morgan fingerprint density at radius 1 is 0.862 bits per heavy atom. The highest BCUT2D eigenvalue weighted by atomic mass is 16.1. The third-order valence-electron chi connectivity index (χ3n) is 5.07. The van der Waals surface area contributed by atoms with Crippen LogP contribution in [0.2, 0.25) is 0 Å². The van der Waals surface area contributed by atoms with E-state index >= 15 is 0 Å². The molecule has 4 rings (SSSR count). The van der Waals surface area contributed by atoms with Gasteiger partial charge in [-0.15, -0.1) is 0 Å². The molecule has 1 amide bonds. The molecule has 1 aromatic heterocycles. The van der Waals surface area contributed by atoms with Gasteiger partial charge in [0, 0.05) is 42.5 Å². The number of carbonyl (C=O) groups is 1. The van der Waals surface area contributed by atoms with Crippen LogP contribution in [0.4, 0.5) is 23.0 Å². The number of nitrogens with zero attached hydrogens (tertiary/aromatic N) is 3. The largest absolute Gasteiger partial charge is 0.372 e. The first-order chi connectivity index (χ1) is 14.2. The van der Waals surface area contributed by atoms with E-state index in [0.717, 1.165) is 30.0 Å². The number of aromatic nitrogens is 2. The van der Waals surface area contributed by atoms with Crippen molar-refractivity contribution < 1.29 is 4.79 Å². The van der Waals surface area contributed by atoms with Crippen molar-refractivity contribution in [2.45, 2.75) is 26.2 Å². The molecule has 2 aromatic carbocycles. The standard InChI is InChI=1S/C23H25N5O/c1-17-5-7-19(8-6-17)26-22(29)18-15-24-23(25-16-18)27-20-9-11-21(12-10-20)28-13-3-2-4-14-28/h5-12,15-16H,2-4,13-14H2,1H3,(H,26,29)(H,24,25,27). The summed E-state index contributed by atoms with van der Waals surface area (Å²) in [7, 11) is 0. The normalized spacial score (nSPS) is 13.8. The summed E-state index contributed by atoms with van der Waals surface area (Å²) in [5.41, 5.74) is 4.47. The Labute approximate surface area is 171 Å². The van der Waals surface area contributed by atoms with Crippen LogP contribution in [0.15, 0.2) is 60.9 Å². The van der Waals surface area contributed by atoms with Crippen molar-refractivity contribution in [1.82, 2.24) is 9.97 Å². The van der Waals surface area contributed by atoms with Crippen LogP contribution in [0.25, 0.3) is 0 Å². The van der Waals surface area contributed by atoms with Crippen molar-refractivity contribution >= 4 is 28.9 Å². The highest BCUT2D eigenvalue weighted by molar-refractivity contribution is 6.03. The van der Waals surface area contributed by atoms with Gasteiger partial charge in [-0.05, 0) is 62.6 Å². The molecule has 0 aliphatic carbocycles. The van der Waals surface area contributed by atoms with Gasteiger partial charge in [-0.3, -0.25) is 4.79 Å². The molecule has 3 aromatic rings. The van der Waals surface area contributed by atoms with Gasteiger partial charge in [-0.1, -0.05) is 17.7 Å². The van der Waals surface area contributed by atoms with Gasteiger partial charge >= 0.3 is 0 Å². The topological polar surface area (TPSA) is 70.2 Å². The Morgan fingerprint density at radius 3 is 2.14 bits per heavy atom. The predicted molar refractivity (Wildman–Crippen MR) is 117 cm³/mol. The molecule has 1 aliphatic rings. The first-order valence-electron chi connectivity index (χ1n) is 9.99. The fourth-order valence-corrected chi connectivity index (χ4v) is 3.39. The van der Waals surface area contributed by atoms with E-state index in [1.54, 1.807) is 0 Å². The van der Waals surface area contributed by atoms with E-state index < -0.39 is 0 Å². The van der Waals surface area contributed by atoms with E-state index in [2.05, 4.69) is 37.6 Å². The number of hydrogen-bond acceptors (Lipinski definition) is 5. The zero-order valence-corrected chi connectivity index (χ0v) is 16.6. The molecule has 0 unspecified atom stereocenters. The Bertz CT molecular complexity index is 946. The average Bonchev–Trinajstić information content (AvgIpc) is 2.77. The summed E-state index contributed by atoms with van der Waals surface area (Å²) < 4.78 is 0. The highest BCUT2D eigenvalue weighted by Crippen LogP contribution is 2.23. The first-order valence-corrected chi connectivity index (χ1v) is 9.99. The minimum absolute atomic E-state index is 0.230. The zero-order valence-electron chi connectivity index (χ0n) is 16.6. The fraction of sp³-hybridized carbons (Fsp3) is 0.261. The van der Waals surface area contributed by atoms with Gasteiger partial charge in [0.1, 0.15) is 0 Å². The summed E-state index contributed by atoms with van der Waals surface area (Å²) in [5.74, 6) is 0.230. The molecule has 0 spiro atoms. The van der Waals surface area contributed by atoms with E-state index in [-0.39, 0.29) is 5.91 Å². The van der Waals surface area contributed by atoms with E-state index in [9.17, 15) is 4.79 Å². The van der Waals surface area contributed by atoms with Crippen LogP contribution in [-0.2, 0) is 0 Å². The Kier molecular flexibility index (Phi) is 5.70. The second-order valence-corrected chi connectivity index (χ2v) is 7.34. The molecule has 1 fully saturated rings. The van der Waals surface area contributed by atoms with Crippen molar-refractivity contribution in [3.8, 4) is 0 Å². The third-order valence-corrected chi connectivity index (χ3v) is 5.07. The minimum atomic E-state index is -0.230. The van der Waals surface area contributed by atoms with Gasteiger partial charge in [0.05, 0.1) is 5.56 Å². The van der Waals surface area contributed by atoms with Crippen LogP contribution in [0.3, 0.4) is 0 Å². The Hall–Kier alpha value is -3.41. The summed E-state index contributed by atoms with van der Waals surface area (Å²) in [6, 6.07) is 16.0. The molecule has 6 nitrogen and oxygen atoms in total. The van der Waals surface area contributed by atoms with Crippen LogP contribution >= 0.6 is 0 Å². The van der Waals surface area contributed by atoms with Gasteiger partial charge in [-0.25, -0.2) is 9.97 Å². The van der Waals surface area contributed by atoms with Crippen LogP contribution < -0.4 is 15.5 Å². The van der Waals surface area contributed by atoms with Gasteiger partial charge in [0.15, 0.2) is 0 Å². The van der Waals surface area contributed by atoms with Gasteiger partial charge in [-0.2, -0.15) is 0 Å². The van der Waals surface area contributed by atoms with Gasteiger partial charge in [0.25, 0.3) is 5.91 Å². The summed E-state index contributed by atoms with van der Waals surface area (Å²) in [4.78, 5) is 23.3. The maximum Gasteiger partial charge on any atom is 0.258 e. The number of rotatable bonds is 5. The number of piperidine rings is 1. The van der Waals surface area contributed by atoms with Crippen LogP contribution in [0.5, 0.6) is 0 Å². The lowest BCUT2D eigenvalue weighted by Crippen LogP contribution is -2.29. The van der Waals surface area contributed by atoms with Gasteiger partial charge in [0.2, 0.25) is 5.95 Å². The summed E-state index contributed by atoms with van der Waals surface area (Å²) in [5, 5.41) is 6.03.